The van der Waals surface area contributed by atoms with E-state index in [1.165, 1.54) is 0 Å². The van der Waals surface area contributed by atoms with Crippen LogP contribution in [0.4, 0.5) is 0 Å². The summed E-state index contributed by atoms with van der Waals surface area (Å²) in [5, 5.41) is 8.29. The number of nitrogens with zero attached hydrogens (tertiary/aromatic N) is 4. The Morgan fingerprint density at radius 2 is 2.30 bits per heavy atom. The van der Waals surface area contributed by atoms with Gasteiger partial charge in [-0.05, 0) is 33.1 Å². The zero-order chi connectivity index (χ0) is 14.7. The Hall–Kier alpha value is -1.43. The summed E-state index contributed by atoms with van der Waals surface area (Å²) >= 11 is 0. The van der Waals surface area contributed by atoms with Gasteiger partial charge in [-0.3, -0.25) is 4.79 Å². The van der Waals surface area contributed by atoms with E-state index in [-0.39, 0.29) is 17.9 Å². The van der Waals surface area contributed by atoms with Crippen LogP contribution in [-0.4, -0.2) is 44.7 Å². The average molecular weight is 279 g/mol. The van der Waals surface area contributed by atoms with Gasteiger partial charge in [0.1, 0.15) is 12.2 Å². The van der Waals surface area contributed by atoms with E-state index in [9.17, 15) is 4.79 Å². The van der Waals surface area contributed by atoms with Gasteiger partial charge < -0.3 is 15.2 Å². The molecule has 1 aliphatic heterocycles. The molecule has 0 saturated carbocycles. The number of amides is 1. The molecule has 6 heteroatoms. The summed E-state index contributed by atoms with van der Waals surface area (Å²) in [6.45, 7) is 7.69. The van der Waals surface area contributed by atoms with Crippen molar-refractivity contribution in [3.63, 3.8) is 0 Å². The molecule has 112 valence electrons. The normalized spacial score (nSPS) is 21.2. The average Bonchev–Trinajstić information content (AvgIpc) is 2.95. The van der Waals surface area contributed by atoms with Crippen molar-refractivity contribution in [3.05, 3.63) is 12.2 Å². The zero-order valence-electron chi connectivity index (χ0n) is 12.6. The number of hydrogen-bond acceptors (Lipinski definition) is 4. The molecule has 2 atom stereocenters. The van der Waals surface area contributed by atoms with Crippen LogP contribution in [-0.2, 0) is 4.79 Å². The Morgan fingerprint density at radius 1 is 1.55 bits per heavy atom. The second kappa shape index (κ2) is 6.35. The molecule has 0 aliphatic carbocycles. The molecule has 0 unspecified atom stereocenters. The Bertz CT molecular complexity index is 456. The molecule has 20 heavy (non-hydrogen) atoms. The molecule has 1 aromatic heterocycles. The first kappa shape index (κ1) is 15.0. The van der Waals surface area contributed by atoms with E-state index < -0.39 is 0 Å². The third-order valence-electron chi connectivity index (χ3n) is 4.01. The summed E-state index contributed by atoms with van der Waals surface area (Å²) in [4.78, 5) is 14.1. The lowest BCUT2D eigenvalue weighted by molar-refractivity contribution is -0.133. The highest BCUT2D eigenvalue weighted by Crippen LogP contribution is 2.27. The number of likely N-dealkylation sites (tertiary alicyclic amines) is 1. The lowest BCUT2D eigenvalue weighted by Crippen LogP contribution is -2.47. The molecule has 2 N–H and O–H groups in total. The number of carbonyl (C=O) groups is 1. The van der Waals surface area contributed by atoms with Crippen molar-refractivity contribution in [2.45, 2.75) is 58.0 Å². The third-order valence-corrected chi connectivity index (χ3v) is 4.01. The standard InChI is InChI=1S/C14H25N5O/c1-4-12(15)14(20)18-7-5-6-11(8-18)13-17-16-9-19(13)10(2)3/h9-12H,4-8,15H2,1-3H3/t11-,12-/m1/s1. The monoisotopic (exact) mass is 279 g/mol. The van der Waals surface area contributed by atoms with E-state index >= 15 is 0 Å². The molecule has 2 rings (SSSR count). The quantitative estimate of drug-likeness (QED) is 0.901. The van der Waals surface area contributed by atoms with E-state index in [2.05, 4.69) is 28.6 Å². The number of piperidine rings is 1. The maximum absolute atomic E-state index is 12.2. The molecule has 0 aromatic carbocycles. The molecule has 1 aliphatic rings. The summed E-state index contributed by atoms with van der Waals surface area (Å²) in [5.74, 6) is 1.32. The number of carbonyl (C=O) groups excluding carboxylic acids is 1. The van der Waals surface area contributed by atoms with Crippen molar-refractivity contribution in [2.24, 2.45) is 5.73 Å². The van der Waals surface area contributed by atoms with Gasteiger partial charge in [-0.25, -0.2) is 0 Å². The predicted octanol–water partition coefficient (Wildman–Crippen LogP) is 1.30. The maximum Gasteiger partial charge on any atom is 0.239 e. The Labute approximate surface area is 120 Å². The highest BCUT2D eigenvalue weighted by atomic mass is 16.2. The minimum Gasteiger partial charge on any atom is -0.341 e. The van der Waals surface area contributed by atoms with Crippen LogP contribution in [0.1, 0.15) is 57.8 Å². The second-order valence-electron chi connectivity index (χ2n) is 5.83. The molecule has 2 heterocycles. The molecule has 0 bridgehead atoms. The smallest absolute Gasteiger partial charge is 0.239 e. The molecule has 0 spiro atoms. The SMILES string of the molecule is CC[C@@H](N)C(=O)N1CCC[C@@H](c2nncn2C(C)C)C1. The van der Waals surface area contributed by atoms with E-state index in [4.69, 9.17) is 5.73 Å². The van der Waals surface area contributed by atoms with Crippen molar-refractivity contribution in [1.29, 1.82) is 0 Å². The van der Waals surface area contributed by atoms with Crippen LogP contribution < -0.4 is 5.73 Å². The van der Waals surface area contributed by atoms with Gasteiger partial charge in [0.05, 0.1) is 6.04 Å². The highest BCUT2D eigenvalue weighted by Gasteiger charge is 2.29. The van der Waals surface area contributed by atoms with Gasteiger partial charge in [-0.15, -0.1) is 10.2 Å². The van der Waals surface area contributed by atoms with Gasteiger partial charge in [0.2, 0.25) is 5.91 Å². The molecule has 6 nitrogen and oxygen atoms in total. The van der Waals surface area contributed by atoms with Crippen molar-refractivity contribution in [3.8, 4) is 0 Å². The third kappa shape index (κ3) is 3.00. The van der Waals surface area contributed by atoms with E-state index in [1.807, 2.05) is 11.8 Å². The van der Waals surface area contributed by atoms with Gasteiger partial charge in [-0.2, -0.15) is 0 Å². The lowest BCUT2D eigenvalue weighted by atomic mass is 9.96. The first-order valence-corrected chi connectivity index (χ1v) is 7.48. The first-order valence-electron chi connectivity index (χ1n) is 7.48. The van der Waals surface area contributed by atoms with Crippen LogP contribution in [0.15, 0.2) is 6.33 Å². The van der Waals surface area contributed by atoms with E-state index in [1.54, 1.807) is 6.33 Å². The maximum atomic E-state index is 12.2. The molecular weight excluding hydrogens is 254 g/mol. The molecule has 1 amide bonds. The number of hydrogen-bond donors (Lipinski definition) is 1. The van der Waals surface area contributed by atoms with Crippen LogP contribution in [0.5, 0.6) is 0 Å². The number of rotatable bonds is 4. The zero-order valence-corrected chi connectivity index (χ0v) is 12.6. The van der Waals surface area contributed by atoms with Gasteiger partial charge in [0.15, 0.2) is 0 Å². The number of nitrogens with two attached hydrogens (primary N) is 1. The predicted molar refractivity (Wildman–Crippen MR) is 77.2 cm³/mol. The van der Waals surface area contributed by atoms with Crippen molar-refractivity contribution >= 4 is 5.91 Å². The van der Waals surface area contributed by atoms with Crippen LogP contribution >= 0.6 is 0 Å². The van der Waals surface area contributed by atoms with Crippen LogP contribution in [0.3, 0.4) is 0 Å². The summed E-state index contributed by atoms with van der Waals surface area (Å²) < 4.78 is 2.10. The minimum atomic E-state index is -0.378. The van der Waals surface area contributed by atoms with Crippen LogP contribution in [0, 0.1) is 0 Å². The van der Waals surface area contributed by atoms with E-state index in [0.717, 1.165) is 25.2 Å². The fourth-order valence-electron chi connectivity index (χ4n) is 2.74. The number of aromatic nitrogens is 3. The summed E-state index contributed by atoms with van der Waals surface area (Å²) in [7, 11) is 0. The fraction of sp³-hybridized carbons (Fsp3) is 0.786. The first-order chi connectivity index (χ1) is 9.54. The largest absolute Gasteiger partial charge is 0.341 e. The molecular formula is C14H25N5O. The highest BCUT2D eigenvalue weighted by molar-refractivity contribution is 5.81. The minimum absolute atomic E-state index is 0.0628. The second-order valence-corrected chi connectivity index (χ2v) is 5.83. The summed E-state index contributed by atoms with van der Waals surface area (Å²) in [6.07, 6.45) is 4.51. The van der Waals surface area contributed by atoms with Crippen LogP contribution in [0.2, 0.25) is 0 Å². The lowest BCUT2D eigenvalue weighted by Gasteiger charge is -2.34. The van der Waals surface area contributed by atoms with Gasteiger partial charge in [0.25, 0.3) is 0 Å². The molecule has 1 fully saturated rings. The molecule has 1 saturated heterocycles. The van der Waals surface area contributed by atoms with Crippen molar-refractivity contribution in [1.82, 2.24) is 19.7 Å². The van der Waals surface area contributed by atoms with Gasteiger partial charge in [0, 0.05) is 25.0 Å². The molecule has 1 aromatic rings. The topological polar surface area (TPSA) is 77.0 Å². The van der Waals surface area contributed by atoms with Crippen molar-refractivity contribution < 1.29 is 4.79 Å². The van der Waals surface area contributed by atoms with E-state index in [0.29, 0.717) is 19.0 Å². The van der Waals surface area contributed by atoms with Gasteiger partial charge >= 0.3 is 0 Å². The van der Waals surface area contributed by atoms with Crippen molar-refractivity contribution in [2.75, 3.05) is 13.1 Å². The Balaban J connectivity index is 2.10. The summed E-state index contributed by atoms with van der Waals surface area (Å²) in [5.41, 5.74) is 5.87. The Morgan fingerprint density at radius 3 is 2.95 bits per heavy atom. The molecule has 0 radical (unpaired) electrons. The van der Waals surface area contributed by atoms with Crippen LogP contribution in [0.25, 0.3) is 0 Å². The van der Waals surface area contributed by atoms with Gasteiger partial charge in [-0.1, -0.05) is 6.92 Å². The fourth-order valence-corrected chi connectivity index (χ4v) is 2.74. The summed E-state index contributed by atoms with van der Waals surface area (Å²) in [6, 6.07) is -0.0410. The Kier molecular flexibility index (Phi) is 4.75.